The number of anilines is 1. The van der Waals surface area contributed by atoms with Crippen molar-refractivity contribution in [3.63, 3.8) is 0 Å². The summed E-state index contributed by atoms with van der Waals surface area (Å²) in [5.74, 6) is 0.751. The van der Waals surface area contributed by atoms with Crippen molar-refractivity contribution in [3.8, 4) is 0 Å². The molecule has 0 saturated carbocycles. The molecule has 20 heavy (non-hydrogen) atoms. The molecule has 2 aromatic rings. The fourth-order valence-corrected chi connectivity index (χ4v) is 2.07. The van der Waals surface area contributed by atoms with Gasteiger partial charge in [-0.3, -0.25) is 0 Å². The van der Waals surface area contributed by atoms with Gasteiger partial charge in [-0.05, 0) is 25.1 Å². The molecule has 0 saturated heterocycles. The summed E-state index contributed by atoms with van der Waals surface area (Å²) in [6.07, 6.45) is -0.945. The number of nitrogens with zero attached hydrogens (tertiary/aromatic N) is 2. The lowest BCUT2D eigenvalue weighted by Gasteiger charge is -2.12. The smallest absolute Gasteiger partial charge is 0.378 e. The zero-order valence-electron chi connectivity index (χ0n) is 10.7. The second kappa shape index (κ2) is 5.75. The van der Waals surface area contributed by atoms with Crippen molar-refractivity contribution < 1.29 is 13.2 Å². The molecule has 1 heterocycles. The van der Waals surface area contributed by atoms with Crippen molar-refractivity contribution in [1.29, 1.82) is 0 Å². The first-order chi connectivity index (χ1) is 9.40. The summed E-state index contributed by atoms with van der Waals surface area (Å²) in [6, 6.07) is 3.39. The Morgan fingerprint density at radius 2 is 2.05 bits per heavy atom. The van der Waals surface area contributed by atoms with Gasteiger partial charge in [0.05, 0.1) is 12.1 Å². The fourth-order valence-electron chi connectivity index (χ4n) is 1.83. The lowest BCUT2D eigenvalue weighted by molar-refractivity contribution is -0.137. The normalized spacial score (nSPS) is 11.7. The molecule has 1 aromatic heterocycles. The Morgan fingerprint density at radius 3 is 2.70 bits per heavy atom. The quantitative estimate of drug-likeness (QED) is 0.918. The van der Waals surface area contributed by atoms with E-state index in [2.05, 4.69) is 10.3 Å². The third kappa shape index (κ3) is 3.45. The highest BCUT2D eigenvalue weighted by molar-refractivity contribution is 6.30. The maximum Gasteiger partial charge on any atom is 0.416 e. The van der Waals surface area contributed by atoms with Gasteiger partial charge in [-0.2, -0.15) is 13.2 Å². The number of benzene rings is 1. The molecule has 0 bridgehead atoms. The molecule has 0 spiro atoms. The highest BCUT2D eigenvalue weighted by Gasteiger charge is 2.31. The standard InChI is InChI=1S/C13H13ClF3N3/c1-2-20-4-3-18-12(20)8-19-11-6-9(13(15,16)17)5-10(14)7-11/h3-7,19H,2,8H2,1H3. The topological polar surface area (TPSA) is 29.9 Å². The monoisotopic (exact) mass is 303 g/mol. The molecule has 0 aliphatic carbocycles. The summed E-state index contributed by atoms with van der Waals surface area (Å²) in [5, 5.41) is 2.95. The Balaban J connectivity index is 2.16. The molecule has 3 nitrogen and oxygen atoms in total. The van der Waals surface area contributed by atoms with Crippen LogP contribution in [0.5, 0.6) is 0 Å². The van der Waals surface area contributed by atoms with E-state index in [0.717, 1.165) is 24.5 Å². The molecule has 0 radical (unpaired) electrons. The second-order valence-corrected chi connectivity index (χ2v) is 4.65. The lowest BCUT2D eigenvalue weighted by Crippen LogP contribution is -2.09. The van der Waals surface area contributed by atoms with Gasteiger partial charge >= 0.3 is 6.18 Å². The van der Waals surface area contributed by atoms with Gasteiger partial charge in [-0.15, -0.1) is 0 Å². The number of imidazole rings is 1. The summed E-state index contributed by atoms with van der Waals surface area (Å²) in [7, 11) is 0. The lowest BCUT2D eigenvalue weighted by atomic mass is 10.2. The second-order valence-electron chi connectivity index (χ2n) is 4.21. The van der Waals surface area contributed by atoms with Crippen LogP contribution in [0.2, 0.25) is 5.02 Å². The van der Waals surface area contributed by atoms with E-state index in [0.29, 0.717) is 12.2 Å². The molecular formula is C13H13ClF3N3. The summed E-state index contributed by atoms with van der Waals surface area (Å²) >= 11 is 5.71. The maximum absolute atomic E-state index is 12.7. The minimum absolute atomic E-state index is 0.0427. The summed E-state index contributed by atoms with van der Waals surface area (Å²) < 4.78 is 39.9. The number of nitrogens with one attached hydrogen (secondary N) is 1. The summed E-state index contributed by atoms with van der Waals surface area (Å²) in [4.78, 5) is 4.14. The molecule has 0 fully saturated rings. The molecule has 7 heteroatoms. The van der Waals surface area contributed by atoms with Crippen LogP contribution in [0.4, 0.5) is 18.9 Å². The Kier molecular flexibility index (Phi) is 4.23. The van der Waals surface area contributed by atoms with E-state index in [-0.39, 0.29) is 5.02 Å². The SMILES string of the molecule is CCn1ccnc1CNc1cc(Cl)cc(C(F)(F)F)c1. The third-order valence-corrected chi connectivity index (χ3v) is 3.04. The number of rotatable bonds is 4. The van der Waals surface area contributed by atoms with Crippen molar-refractivity contribution in [1.82, 2.24) is 9.55 Å². The first-order valence-corrected chi connectivity index (χ1v) is 6.39. The highest BCUT2D eigenvalue weighted by atomic mass is 35.5. The molecule has 0 amide bonds. The van der Waals surface area contributed by atoms with Crippen molar-refractivity contribution in [2.45, 2.75) is 26.2 Å². The maximum atomic E-state index is 12.7. The van der Waals surface area contributed by atoms with Crippen LogP contribution in [0, 0.1) is 0 Å². The van der Waals surface area contributed by atoms with E-state index in [1.807, 2.05) is 17.7 Å². The molecule has 108 valence electrons. The zero-order valence-corrected chi connectivity index (χ0v) is 11.5. The van der Waals surface area contributed by atoms with E-state index in [1.165, 1.54) is 6.07 Å². The van der Waals surface area contributed by atoms with Crippen LogP contribution in [0.25, 0.3) is 0 Å². The molecule has 0 atom stereocenters. The van der Waals surface area contributed by atoms with Crippen LogP contribution in [0.1, 0.15) is 18.3 Å². The third-order valence-electron chi connectivity index (χ3n) is 2.82. The van der Waals surface area contributed by atoms with E-state index >= 15 is 0 Å². The molecule has 0 unspecified atom stereocenters. The minimum atomic E-state index is -4.41. The van der Waals surface area contributed by atoms with Crippen LogP contribution < -0.4 is 5.32 Å². The van der Waals surface area contributed by atoms with Gasteiger partial charge < -0.3 is 9.88 Å². The molecule has 1 N–H and O–H groups in total. The number of hydrogen-bond donors (Lipinski definition) is 1. The van der Waals surface area contributed by atoms with Crippen LogP contribution >= 0.6 is 11.6 Å². The Hall–Kier alpha value is -1.69. The molecule has 1 aromatic carbocycles. The van der Waals surface area contributed by atoms with Crippen LogP contribution in [-0.2, 0) is 19.3 Å². The first kappa shape index (κ1) is 14.7. The van der Waals surface area contributed by atoms with E-state index in [4.69, 9.17) is 11.6 Å². The number of alkyl halides is 3. The fraction of sp³-hybridized carbons (Fsp3) is 0.308. The van der Waals surface area contributed by atoms with Crippen molar-refractivity contribution in [2.24, 2.45) is 0 Å². The average Bonchev–Trinajstić information content (AvgIpc) is 2.82. The van der Waals surface area contributed by atoms with Gasteiger partial charge in [0.15, 0.2) is 0 Å². The minimum Gasteiger partial charge on any atom is -0.378 e. The van der Waals surface area contributed by atoms with Crippen molar-refractivity contribution in [2.75, 3.05) is 5.32 Å². The van der Waals surface area contributed by atoms with Gasteiger partial charge in [0, 0.05) is 29.6 Å². The summed E-state index contributed by atoms with van der Waals surface area (Å²) in [5.41, 5.74) is -0.457. The predicted octanol–water partition coefficient (Wildman–Crippen LogP) is 4.19. The Morgan fingerprint density at radius 1 is 1.30 bits per heavy atom. The Labute approximate surface area is 119 Å². The average molecular weight is 304 g/mol. The largest absolute Gasteiger partial charge is 0.416 e. The van der Waals surface area contributed by atoms with Crippen molar-refractivity contribution >= 4 is 17.3 Å². The van der Waals surface area contributed by atoms with E-state index in [9.17, 15) is 13.2 Å². The van der Waals surface area contributed by atoms with Gasteiger partial charge in [0.2, 0.25) is 0 Å². The highest BCUT2D eigenvalue weighted by Crippen LogP contribution is 2.33. The van der Waals surface area contributed by atoms with Gasteiger partial charge in [-0.25, -0.2) is 4.98 Å². The molecular weight excluding hydrogens is 291 g/mol. The number of halogens is 4. The Bertz CT molecular complexity index is 593. The summed E-state index contributed by atoms with van der Waals surface area (Å²) in [6.45, 7) is 3.05. The van der Waals surface area contributed by atoms with Gasteiger partial charge in [-0.1, -0.05) is 11.6 Å². The predicted molar refractivity (Wildman–Crippen MR) is 71.7 cm³/mol. The van der Waals surface area contributed by atoms with Crippen LogP contribution in [0.3, 0.4) is 0 Å². The zero-order chi connectivity index (χ0) is 14.8. The van der Waals surface area contributed by atoms with E-state index in [1.54, 1.807) is 6.20 Å². The van der Waals surface area contributed by atoms with Crippen LogP contribution in [-0.4, -0.2) is 9.55 Å². The number of aromatic nitrogens is 2. The molecule has 0 aliphatic heterocycles. The number of hydrogen-bond acceptors (Lipinski definition) is 2. The number of aryl methyl sites for hydroxylation is 1. The molecule has 2 rings (SSSR count). The van der Waals surface area contributed by atoms with E-state index < -0.39 is 11.7 Å². The van der Waals surface area contributed by atoms with Gasteiger partial charge in [0.25, 0.3) is 0 Å². The molecule has 0 aliphatic rings. The van der Waals surface area contributed by atoms with Crippen LogP contribution in [0.15, 0.2) is 30.6 Å². The first-order valence-electron chi connectivity index (χ1n) is 6.02. The van der Waals surface area contributed by atoms with Gasteiger partial charge in [0.1, 0.15) is 5.82 Å². The van der Waals surface area contributed by atoms with Crippen molar-refractivity contribution in [3.05, 3.63) is 47.0 Å².